The second kappa shape index (κ2) is 7.92. The van der Waals surface area contributed by atoms with Gasteiger partial charge in [0, 0.05) is 6.04 Å². The SMILES string of the molecule is CCC(C)Nc1ccc(NS(=O)(=O)CCc2ccccc2)nn1. The van der Waals surface area contributed by atoms with Crippen molar-refractivity contribution in [1.82, 2.24) is 10.2 Å². The molecule has 1 aromatic heterocycles. The van der Waals surface area contributed by atoms with Gasteiger partial charge in [0.2, 0.25) is 10.0 Å². The number of benzene rings is 1. The van der Waals surface area contributed by atoms with Gasteiger partial charge in [-0.25, -0.2) is 8.42 Å². The summed E-state index contributed by atoms with van der Waals surface area (Å²) in [6.45, 7) is 4.11. The molecule has 0 bridgehead atoms. The Morgan fingerprint density at radius 3 is 2.30 bits per heavy atom. The lowest BCUT2D eigenvalue weighted by Gasteiger charge is -2.12. The van der Waals surface area contributed by atoms with E-state index in [1.54, 1.807) is 12.1 Å². The number of hydrogen-bond acceptors (Lipinski definition) is 5. The van der Waals surface area contributed by atoms with Gasteiger partial charge >= 0.3 is 0 Å². The number of hydrogen-bond donors (Lipinski definition) is 2. The van der Waals surface area contributed by atoms with Crippen molar-refractivity contribution >= 4 is 21.7 Å². The van der Waals surface area contributed by atoms with Crippen LogP contribution in [0.15, 0.2) is 42.5 Å². The van der Waals surface area contributed by atoms with Crippen LogP contribution in [0.4, 0.5) is 11.6 Å². The highest BCUT2D eigenvalue weighted by atomic mass is 32.2. The van der Waals surface area contributed by atoms with E-state index in [2.05, 4.69) is 27.2 Å². The van der Waals surface area contributed by atoms with Gasteiger partial charge in [0.1, 0.15) is 5.82 Å². The zero-order chi connectivity index (χ0) is 16.7. The molecule has 0 spiro atoms. The fourth-order valence-corrected chi connectivity index (χ4v) is 2.96. The van der Waals surface area contributed by atoms with Gasteiger partial charge in [-0.1, -0.05) is 37.3 Å². The summed E-state index contributed by atoms with van der Waals surface area (Å²) in [5, 5.41) is 11.1. The summed E-state index contributed by atoms with van der Waals surface area (Å²) in [5.74, 6) is 0.866. The number of anilines is 2. The first-order valence-electron chi connectivity index (χ1n) is 7.63. The van der Waals surface area contributed by atoms with E-state index in [9.17, 15) is 8.42 Å². The highest BCUT2D eigenvalue weighted by Gasteiger charge is 2.12. The number of rotatable bonds is 8. The van der Waals surface area contributed by atoms with Crippen molar-refractivity contribution in [1.29, 1.82) is 0 Å². The molecule has 1 atom stereocenters. The number of aryl methyl sites for hydroxylation is 1. The maximum Gasteiger partial charge on any atom is 0.234 e. The van der Waals surface area contributed by atoms with Crippen molar-refractivity contribution in [3.63, 3.8) is 0 Å². The van der Waals surface area contributed by atoms with Crippen LogP contribution in [0.1, 0.15) is 25.8 Å². The summed E-state index contributed by atoms with van der Waals surface area (Å²) in [5.41, 5.74) is 0.983. The smallest absolute Gasteiger partial charge is 0.234 e. The Balaban J connectivity index is 1.92. The first kappa shape index (κ1) is 17.2. The molecule has 1 unspecified atom stereocenters. The van der Waals surface area contributed by atoms with Gasteiger partial charge in [0.25, 0.3) is 0 Å². The zero-order valence-electron chi connectivity index (χ0n) is 13.4. The Morgan fingerprint density at radius 2 is 1.70 bits per heavy atom. The monoisotopic (exact) mass is 334 g/mol. The van der Waals surface area contributed by atoms with Crippen molar-refractivity contribution in [3.8, 4) is 0 Å². The van der Waals surface area contributed by atoms with Crippen molar-refractivity contribution in [2.45, 2.75) is 32.7 Å². The molecule has 0 aliphatic rings. The molecule has 0 radical (unpaired) electrons. The minimum atomic E-state index is -3.45. The van der Waals surface area contributed by atoms with E-state index in [1.807, 2.05) is 37.3 Å². The average Bonchev–Trinajstić information content (AvgIpc) is 2.55. The second-order valence-corrected chi connectivity index (χ2v) is 7.26. The lowest BCUT2D eigenvalue weighted by atomic mass is 10.2. The van der Waals surface area contributed by atoms with Crippen molar-refractivity contribution in [3.05, 3.63) is 48.0 Å². The van der Waals surface area contributed by atoms with E-state index in [0.29, 0.717) is 12.2 Å². The van der Waals surface area contributed by atoms with Crippen LogP contribution in [-0.4, -0.2) is 30.4 Å². The van der Waals surface area contributed by atoms with E-state index in [-0.39, 0.29) is 17.6 Å². The molecule has 2 rings (SSSR count). The third-order valence-corrected chi connectivity index (χ3v) is 4.70. The molecule has 0 saturated heterocycles. The van der Waals surface area contributed by atoms with Crippen molar-refractivity contribution in [2.75, 3.05) is 15.8 Å². The standard InChI is InChI=1S/C16H22N4O2S/c1-3-13(2)17-15-9-10-16(19-18-15)20-23(21,22)12-11-14-7-5-4-6-8-14/h4-10,13H,3,11-12H2,1-2H3,(H,17,18)(H,19,20). The fourth-order valence-electron chi connectivity index (χ4n) is 1.93. The first-order valence-corrected chi connectivity index (χ1v) is 9.28. The average molecular weight is 334 g/mol. The summed E-state index contributed by atoms with van der Waals surface area (Å²) in [4.78, 5) is 0. The highest BCUT2D eigenvalue weighted by Crippen LogP contribution is 2.10. The molecule has 0 fully saturated rings. The molecule has 1 aromatic carbocycles. The van der Waals surface area contributed by atoms with Crippen LogP contribution < -0.4 is 10.0 Å². The van der Waals surface area contributed by atoms with Crippen LogP contribution in [0.25, 0.3) is 0 Å². The van der Waals surface area contributed by atoms with E-state index in [0.717, 1.165) is 12.0 Å². The summed E-state index contributed by atoms with van der Waals surface area (Å²) in [6, 6.07) is 13.1. The fraction of sp³-hybridized carbons (Fsp3) is 0.375. The highest BCUT2D eigenvalue weighted by molar-refractivity contribution is 7.92. The molecule has 0 amide bonds. The molecule has 23 heavy (non-hydrogen) atoms. The van der Waals surface area contributed by atoms with Crippen LogP contribution in [0, 0.1) is 0 Å². The van der Waals surface area contributed by atoms with Crippen LogP contribution in [0.3, 0.4) is 0 Å². The van der Waals surface area contributed by atoms with Crippen molar-refractivity contribution in [2.24, 2.45) is 0 Å². The largest absolute Gasteiger partial charge is 0.366 e. The molecule has 7 heteroatoms. The second-order valence-electron chi connectivity index (χ2n) is 5.41. The quantitative estimate of drug-likeness (QED) is 0.775. The van der Waals surface area contributed by atoms with Gasteiger partial charge < -0.3 is 5.32 Å². The van der Waals surface area contributed by atoms with Crippen LogP contribution >= 0.6 is 0 Å². The number of aromatic nitrogens is 2. The Morgan fingerprint density at radius 1 is 1.04 bits per heavy atom. The zero-order valence-corrected chi connectivity index (χ0v) is 14.2. The van der Waals surface area contributed by atoms with Gasteiger partial charge in [0.05, 0.1) is 5.75 Å². The Bertz CT molecular complexity index is 703. The molecular weight excluding hydrogens is 312 g/mol. The van der Waals surface area contributed by atoms with Crippen LogP contribution in [0.5, 0.6) is 0 Å². The normalized spacial score (nSPS) is 12.6. The lowest BCUT2D eigenvalue weighted by Crippen LogP contribution is -2.20. The molecule has 2 aromatic rings. The summed E-state index contributed by atoms with van der Waals surface area (Å²) in [7, 11) is -3.45. The summed E-state index contributed by atoms with van der Waals surface area (Å²) < 4.78 is 26.6. The van der Waals surface area contributed by atoms with Crippen molar-refractivity contribution < 1.29 is 8.42 Å². The Hall–Kier alpha value is -2.15. The van der Waals surface area contributed by atoms with E-state index < -0.39 is 10.0 Å². The predicted molar refractivity (Wildman–Crippen MR) is 93.0 cm³/mol. The molecule has 6 nitrogen and oxygen atoms in total. The molecule has 0 saturated carbocycles. The minimum absolute atomic E-state index is 0.00552. The maximum atomic E-state index is 12.1. The molecule has 2 N–H and O–H groups in total. The Labute approximate surface area is 137 Å². The van der Waals surface area contributed by atoms with Crippen LogP contribution in [0.2, 0.25) is 0 Å². The lowest BCUT2D eigenvalue weighted by molar-refractivity contribution is 0.600. The van der Waals surface area contributed by atoms with Gasteiger partial charge in [-0.3, -0.25) is 4.72 Å². The number of nitrogens with zero attached hydrogens (tertiary/aromatic N) is 2. The van der Waals surface area contributed by atoms with E-state index in [1.165, 1.54) is 0 Å². The van der Waals surface area contributed by atoms with E-state index in [4.69, 9.17) is 0 Å². The maximum absolute atomic E-state index is 12.1. The van der Waals surface area contributed by atoms with Gasteiger partial charge in [-0.2, -0.15) is 0 Å². The topological polar surface area (TPSA) is 84.0 Å². The number of sulfonamides is 1. The molecule has 0 aliphatic carbocycles. The van der Waals surface area contributed by atoms with Crippen LogP contribution in [-0.2, 0) is 16.4 Å². The van der Waals surface area contributed by atoms with Gasteiger partial charge in [-0.15, -0.1) is 10.2 Å². The minimum Gasteiger partial charge on any atom is -0.366 e. The van der Waals surface area contributed by atoms with E-state index >= 15 is 0 Å². The molecule has 1 heterocycles. The summed E-state index contributed by atoms with van der Waals surface area (Å²) in [6.07, 6.45) is 1.42. The predicted octanol–water partition coefficient (Wildman–Crippen LogP) is 2.67. The van der Waals surface area contributed by atoms with Gasteiger partial charge in [-0.05, 0) is 37.5 Å². The third kappa shape index (κ3) is 5.86. The molecule has 124 valence electrons. The first-order chi connectivity index (χ1) is 11.0. The molecule has 0 aliphatic heterocycles. The number of nitrogens with one attached hydrogen (secondary N) is 2. The molecular formula is C16H22N4O2S. The summed E-state index contributed by atoms with van der Waals surface area (Å²) >= 11 is 0. The van der Waals surface area contributed by atoms with Gasteiger partial charge in [0.15, 0.2) is 5.82 Å². The third-order valence-electron chi connectivity index (χ3n) is 3.43. The Kier molecular flexibility index (Phi) is 5.92.